The molecule has 6 heteroatoms. The number of aryl methyl sites for hydroxylation is 1. The van der Waals surface area contributed by atoms with Crippen molar-refractivity contribution in [2.75, 3.05) is 26.9 Å². The van der Waals surface area contributed by atoms with Crippen molar-refractivity contribution in [3.63, 3.8) is 0 Å². The average molecular weight is 620 g/mol. The second kappa shape index (κ2) is 23.3. The van der Waals surface area contributed by atoms with Crippen molar-refractivity contribution in [2.45, 2.75) is 142 Å². The minimum atomic E-state index is -0.528. The summed E-state index contributed by atoms with van der Waals surface area (Å²) in [6.07, 6.45) is 18.1. The van der Waals surface area contributed by atoms with E-state index in [1.54, 1.807) is 7.05 Å². The molecule has 45 heavy (non-hydrogen) atoms. The number of hydrogen-bond acceptors (Lipinski definition) is 6. The van der Waals surface area contributed by atoms with E-state index in [-0.39, 0.29) is 6.04 Å². The van der Waals surface area contributed by atoms with Gasteiger partial charge in [0.05, 0.1) is 37.3 Å². The lowest BCUT2D eigenvalue weighted by molar-refractivity contribution is 0.322. The molecule has 0 amide bonds. The third-order valence-corrected chi connectivity index (χ3v) is 8.62. The van der Waals surface area contributed by atoms with Gasteiger partial charge in [0, 0.05) is 13.1 Å². The Morgan fingerprint density at radius 1 is 0.689 bits per heavy atom. The van der Waals surface area contributed by atoms with Crippen LogP contribution in [0.3, 0.4) is 0 Å². The van der Waals surface area contributed by atoms with Crippen molar-refractivity contribution >= 4 is 0 Å². The van der Waals surface area contributed by atoms with Crippen LogP contribution in [-0.2, 0) is 11.8 Å². The number of unbranched alkanes of at least 4 members (excludes halogenated alkanes) is 9. The average Bonchev–Trinajstić information content (AvgIpc) is 3.04. The van der Waals surface area contributed by atoms with Crippen LogP contribution in [0.1, 0.15) is 135 Å². The lowest BCUT2D eigenvalue weighted by Gasteiger charge is -2.28. The van der Waals surface area contributed by atoms with Gasteiger partial charge in [-0.2, -0.15) is 15.5 Å². The Morgan fingerprint density at radius 2 is 1.27 bits per heavy atom. The zero-order valence-electron chi connectivity index (χ0n) is 29.1. The first kappa shape index (κ1) is 38.1. The summed E-state index contributed by atoms with van der Waals surface area (Å²) in [6.45, 7) is 10.1. The summed E-state index contributed by atoms with van der Waals surface area (Å²) in [5.74, 6) is 2.52. The van der Waals surface area contributed by atoms with Crippen LogP contribution in [0, 0.1) is 11.3 Å². The fourth-order valence-corrected chi connectivity index (χ4v) is 6.23. The van der Waals surface area contributed by atoms with Crippen LogP contribution in [-0.4, -0.2) is 32.9 Å². The molecule has 0 N–H and O–H groups in total. The van der Waals surface area contributed by atoms with Gasteiger partial charge in [0.15, 0.2) is 0 Å². The zero-order chi connectivity index (χ0) is 32.6. The summed E-state index contributed by atoms with van der Waals surface area (Å²) in [7, 11) is 1.75. The van der Waals surface area contributed by atoms with E-state index in [0.717, 1.165) is 67.8 Å². The molecule has 0 aliphatic carbocycles. The normalized spacial score (nSPS) is 13.3. The van der Waals surface area contributed by atoms with Crippen molar-refractivity contribution in [1.29, 1.82) is 5.26 Å². The molecular weight excluding hydrogens is 558 g/mol. The first-order valence-corrected chi connectivity index (χ1v) is 17.9. The molecule has 0 aliphatic heterocycles. The summed E-state index contributed by atoms with van der Waals surface area (Å²) in [6, 6.07) is 17.3. The number of ether oxygens (including phenoxy) is 3. The quantitative estimate of drug-likeness (QED) is 0.0775. The van der Waals surface area contributed by atoms with Gasteiger partial charge in [0.25, 0.3) is 0 Å². The molecule has 0 radical (unpaired) electrons. The highest BCUT2D eigenvalue weighted by molar-refractivity contribution is 5.39. The maximum Gasteiger partial charge on any atom is 0.123 e. The van der Waals surface area contributed by atoms with Gasteiger partial charge in [-0.25, -0.2) is 0 Å². The molecule has 0 spiro atoms. The summed E-state index contributed by atoms with van der Waals surface area (Å²) < 4.78 is 17.4. The molecule has 2 aromatic carbocycles. The zero-order valence-corrected chi connectivity index (χ0v) is 29.1. The largest absolute Gasteiger partial charge is 0.494 e. The SMILES string of the molecule is CCCCCCCCCCCCC(C#N)(CCCC(CCc1cc(OCC)cc(OCC)c1)N=NC)c1cccc(OCC)c1. The summed E-state index contributed by atoms with van der Waals surface area (Å²) in [4.78, 5) is 0. The Labute approximate surface area is 275 Å². The van der Waals surface area contributed by atoms with E-state index in [0.29, 0.717) is 19.8 Å². The third-order valence-electron chi connectivity index (χ3n) is 8.62. The van der Waals surface area contributed by atoms with Crippen LogP contribution in [0.5, 0.6) is 17.2 Å². The Morgan fingerprint density at radius 3 is 1.84 bits per heavy atom. The standard InChI is InChI=1S/C39H61N3O3/c1-6-10-11-12-13-14-15-16-17-18-26-39(32-40,34-21-19-23-36(30-34)43-7-2)27-20-22-35(42-41-5)25-24-33-28-37(44-8-3)31-38(29-33)45-9-4/h19,21,23,28-31,35H,6-18,20,22,24-27H2,1-5H3. The van der Waals surface area contributed by atoms with Crippen molar-refractivity contribution in [3.8, 4) is 23.3 Å². The highest BCUT2D eigenvalue weighted by Crippen LogP contribution is 2.37. The van der Waals surface area contributed by atoms with Crippen LogP contribution in [0.2, 0.25) is 0 Å². The molecule has 2 aromatic rings. The Hall–Kier alpha value is -3.07. The molecule has 2 rings (SSSR count). The molecule has 0 bridgehead atoms. The lowest BCUT2D eigenvalue weighted by atomic mass is 9.73. The molecule has 2 atom stereocenters. The lowest BCUT2D eigenvalue weighted by Crippen LogP contribution is -2.25. The predicted octanol–water partition coefficient (Wildman–Crippen LogP) is 11.2. The van der Waals surface area contributed by atoms with Gasteiger partial charge in [-0.15, -0.1) is 0 Å². The molecule has 250 valence electrons. The fourth-order valence-electron chi connectivity index (χ4n) is 6.23. The highest BCUT2D eigenvalue weighted by atomic mass is 16.5. The van der Waals surface area contributed by atoms with Gasteiger partial charge in [-0.05, 0) is 94.7 Å². The maximum absolute atomic E-state index is 10.7. The van der Waals surface area contributed by atoms with Crippen LogP contribution >= 0.6 is 0 Å². The van der Waals surface area contributed by atoms with E-state index in [4.69, 9.17) is 14.2 Å². The fraction of sp³-hybridized carbons (Fsp3) is 0.667. The third kappa shape index (κ3) is 14.7. The predicted molar refractivity (Wildman–Crippen MR) is 187 cm³/mol. The van der Waals surface area contributed by atoms with Crippen LogP contribution < -0.4 is 14.2 Å². The Kier molecular flexibility index (Phi) is 19.7. The molecule has 0 saturated heterocycles. The minimum absolute atomic E-state index is 0.102. The van der Waals surface area contributed by atoms with E-state index < -0.39 is 5.41 Å². The van der Waals surface area contributed by atoms with Gasteiger partial charge >= 0.3 is 0 Å². The van der Waals surface area contributed by atoms with Crippen molar-refractivity contribution < 1.29 is 14.2 Å². The van der Waals surface area contributed by atoms with Crippen LogP contribution in [0.4, 0.5) is 0 Å². The molecule has 0 fully saturated rings. The van der Waals surface area contributed by atoms with E-state index in [1.165, 1.54) is 63.4 Å². The van der Waals surface area contributed by atoms with Gasteiger partial charge < -0.3 is 14.2 Å². The number of azo groups is 1. The smallest absolute Gasteiger partial charge is 0.123 e. The molecule has 0 aliphatic rings. The van der Waals surface area contributed by atoms with Crippen molar-refractivity contribution in [1.82, 2.24) is 0 Å². The second-order valence-electron chi connectivity index (χ2n) is 12.2. The van der Waals surface area contributed by atoms with Gasteiger partial charge in [0.2, 0.25) is 0 Å². The number of rotatable bonds is 26. The van der Waals surface area contributed by atoms with Gasteiger partial charge in [0.1, 0.15) is 17.2 Å². The number of benzene rings is 2. The summed E-state index contributed by atoms with van der Waals surface area (Å²) in [5.41, 5.74) is 1.73. The molecule has 0 aromatic heterocycles. The molecule has 0 heterocycles. The topological polar surface area (TPSA) is 76.2 Å². The molecule has 6 nitrogen and oxygen atoms in total. The van der Waals surface area contributed by atoms with E-state index in [9.17, 15) is 5.26 Å². The van der Waals surface area contributed by atoms with Crippen molar-refractivity contribution in [2.24, 2.45) is 10.2 Å². The first-order chi connectivity index (χ1) is 22.0. The number of nitrogens with zero attached hydrogens (tertiary/aromatic N) is 3. The van der Waals surface area contributed by atoms with Crippen LogP contribution in [0.15, 0.2) is 52.7 Å². The summed E-state index contributed by atoms with van der Waals surface area (Å²) in [5, 5.41) is 19.5. The van der Waals surface area contributed by atoms with E-state index >= 15 is 0 Å². The van der Waals surface area contributed by atoms with Gasteiger partial charge in [-0.1, -0.05) is 83.3 Å². The van der Waals surface area contributed by atoms with Gasteiger partial charge in [-0.3, -0.25) is 0 Å². The Balaban J connectivity index is 2.04. The van der Waals surface area contributed by atoms with E-state index in [1.807, 2.05) is 39.0 Å². The number of nitriles is 1. The Bertz CT molecular complexity index is 1100. The monoisotopic (exact) mass is 619 g/mol. The number of hydrogen-bond donors (Lipinski definition) is 0. The molecule has 2 unspecified atom stereocenters. The molecular formula is C39H61N3O3. The molecule has 0 saturated carbocycles. The maximum atomic E-state index is 10.7. The first-order valence-electron chi connectivity index (χ1n) is 17.9. The van der Waals surface area contributed by atoms with E-state index in [2.05, 4.69) is 47.5 Å². The highest BCUT2D eigenvalue weighted by Gasteiger charge is 2.32. The second-order valence-corrected chi connectivity index (χ2v) is 12.2. The minimum Gasteiger partial charge on any atom is -0.494 e. The summed E-state index contributed by atoms with van der Waals surface area (Å²) >= 11 is 0. The van der Waals surface area contributed by atoms with Crippen LogP contribution in [0.25, 0.3) is 0 Å². The van der Waals surface area contributed by atoms with Crippen molar-refractivity contribution in [3.05, 3.63) is 53.6 Å².